The zero-order chi connectivity index (χ0) is 22.0. The number of aromatic nitrogens is 3. The van der Waals surface area contributed by atoms with Gasteiger partial charge in [-0.2, -0.15) is 23.2 Å². The van der Waals surface area contributed by atoms with E-state index in [2.05, 4.69) is 15.1 Å². The third-order valence-electron chi connectivity index (χ3n) is 4.77. The highest BCUT2D eigenvalue weighted by Crippen LogP contribution is 2.22. The summed E-state index contributed by atoms with van der Waals surface area (Å²) in [6.45, 7) is 1.96. The molecule has 1 aromatic carbocycles. The van der Waals surface area contributed by atoms with E-state index in [0.29, 0.717) is 5.69 Å². The Kier molecular flexibility index (Phi) is 5.23. The van der Waals surface area contributed by atoms with E-state index in [1.165, 1.54) is 31.5 Å². The molecule has 8 nitrogen and oxygen atoms in total. The van der Waals surface area contributed by atoms with Gasteiger partial charge in [0.2, 0.25) is 0 Å². The zero-order valence-corrected chi connectivity index (χ0v) is 17.7. The molecule has 0 aliphatic rings. The maximum Gasteiger partial charge on any atom is 0.278 e. The molecule has 0 spiro atoms. The number of benzene rings is 1. The van der Waals surface area contributed by atoms with E-state index in [1.807, 2.05) is 41.8 Å². The molecule has 0 saturated carbocycles. The number of pyridine rings is 2. The van der Waals surface area contributed by atoms with Gasteiger partial charge in [-0.05, 0) is 42.8 Å². The molecule has 3 aromatic heterocycles. The molecule has 9 heteroatoms. The summed E-state index contributed by atoms with van der Waals surface area (Å²) in [6.07, 6.45) is 8.49. The molecule has 0 bridgehead atoms. The van der Waals surface area contributed by atoms with Gasteiger partial charge in [0.15, 0.2) is 0 Å². The summed E-state index contributed by atoms with van der Waals surface area (Å²) in [5.41, 5.74) is 4.52. The lowest BCUT2D eigenvalue weighted by Crippen LogP contribution is -2.22. The van der Waals surface area contributed by atoms with E-state index in [4.69, 9.17) is 5.26 Å². The predicted molar refractivity (Wildman–Crippen MR) is 117 cm³/mol. The van der Waals surface area contributed by atoms with Gasteiger partial charge in [0, 0.05) is 36.8 Å². The first kappa shape index (κ1) is 20.3. The fraction of sp³-hybridized carbons (Fsp3) is 0.0909. The van der Waals surface area contributed by atoms with Gasteiger partial charge in [0.25, 0.3) is 10.0 Å². The van der Waals surface area contributed by atoms with Crippen LogP contribution in [0.3, 0.4) is 0 Å². The van der Waals surface area contributed by atoms with Crippen LogP contribution in [0.1, 0.15) is 16.8 Å². The van der Waals surface area contributed by atoms with Crippen molar-refractivity contribution in [3.05, 3.63) is 84.1 Å². The van der Waals surface area contributed by atoms with Gasteiger partial charge in [0.05, 0.1) is 34.6 Å². The molecular weight excluding hydrogens is 412 g/mol. The first-order valence-corrected chi connectivity index (χ1v) is 10.8. The molecule has 0 radical (unpaired) electrons. The van der Waals surface area contributed by atoms with Crippen LogP contribution in [0.2, 0.25) is 0 Å². The fourth-order valence-corrected chi connectivity index (χ4v) is 4.15. The lowest BCUT2D eigenvalue weighted by Gasteiger charge is -2.13. The van der Waals surface area contributed by atoms with Crippen LogP contribution in [0.4, 0.5) is 0 Å². The van der Waals surface area contributed by atoms with E-state index < -0.39 is 10.0 Å². The van der Waals surface area contributed by atoms with Crippen molar-refractivity contribution in [2.75, 3.05) is 7.05 Å². The lowest BCUT2D eigenvalue weighted by atomic mass is 10.1. The van der Waals surface area contributed by atoms with Crippen LogP contribution in [0.15, 0.2) is 77.2 Å². The number of aryl methyl sites for hydroxylation is 1. The van der Waals surface area contributed by atoms with Crippen molar-refractivity contribution in [2.45, 2.75) is 11.8 Å². The number of fused-ring (bicyclic) bond motifs is 1. The Hall–Kier alpha value is -4.03. The van der Waals surface area contributed by atoms with Crippen molar-refractivity contribution in [3.63, 3.8) is 0 Å². The Labute approximate surface area is 179 Å². The Bertz CT molecular complexity index is 1440. The smallest absolute Gasteiger partial charge is 0.278 e. The van der Waals surface area contributed by atoms with E-state index in [0.717, 1.165) is 26.8 Å². The van der Waals surface area contributed by atoms with Crippen LogP contribution >= 0.6 is 0 Å². The highest BCUT2D eigenvalue weighted by molar-refractivity contribution is 7.89. The van der Waals surface area contributed by atoms with Gasteiger partial charge in [-0.25, -0.2) is 4.98 Å². The molecule has 0 aliphatic heterocycles. The number of rotatable bonds is 5. The molecule has 0 saturated heterocycles. The topological polar surface area (TPSA) is 104 Å². The molecule has 0 N–H and O–H groups in total. The van der Waals surface area contributed by atoms with Gasteiger partial charge in [-0.3, -0.25) is 9.38 Å². The molecule has 0 amide bonds. The SMILES string of the molecule is Cc1cc(-c2cccnc2)cn2c(/C=N/N(C)S(=O)(=O)c3cccc(C#N)c3)cnc12. The van der Waals surface area contributed by atoms with Crippen molar-refractivity contribution in [1.82, 2.24) is 18.8 Å². The maximum atomic E-state index is 12.8. The van der Waals surface area contributed by atoms with Crippen LogP contribution in [0.5, 0.6) is 0 Å². The normalized spacial score (nSPS) is 11.6. The summed E-state index contributed by atoms with van der Waals surface area (Å²) in [6, 6.07) is 13.6. The largest absolute Gasteiger partial charge is 0.298 e. The van der Waals surface area contributed by atoms with E-state index >= 15 is 0 Å². The van der Waals surface area contributed by atoms with Gasteiger partial charge in [0.1, 0.15) is 5.65 Å². The average Bonchev–Trinajstić information content (AvgIpc) is 3.21. The Morgan fingerprint density at radius 1 is 1.16 bits per heavy atom. The number of nitrogens with zero attached hydrogens (tertiary/aromatic N) is 6. The summed E-state index contributed by atoms with van der Waals surface area (Å²) in [7, 11) is -2.54. The molecule has 0 unspecified atom stereocenters. The molecule has 154 valence electrons. The third-order valence-corrected chi connectivity index (χ3v) is 6.41. The lowest BCUT2D eigenvalue weighted by molar-refractivity contribution is 0.491. The van der Waals surface area contributed by atoms with Crippen molar-refractivity contribution in [1.29, 1.82) is 5.26 Å². The second kappa shape index (κ2) is 8.01. The quantitative estimate of drug-likeness (QED) is 0.357. The van der Waals surface area contributed by atoms with Crippen LogP contribution in [-0.2, 0) is 10.0 Å². The molecule has 4 rings (SSSR count). The number of sulfonamides is 1. The van der Waals surface area contributed by atoms with Crippen molar-refractivity contribution in [3.8, 4) is 17.2 Å². The summed E-state index contributed by atoms with van der Waals surface area (Å²) in [4.78, 5) is 8.59. The van der Waals surface area contributed by atoms with Gasteiger partial charge < -0.3 is 0 Å². The predicted octanol–water partition coefficient (Wildman–Crippen LogP) is 3.23. The first-order valence-electron chi connectivity index (χ1n) is 9.31. The number of hydrogen-bond donors (Lipinski definition) is 0. The van der Waals surface area contributed by atoms with Gasteiger partial charge >= 0.3 is 0 Å². The summed E-state index contributed by atoms with van der Waals surface area (Å²) in [5, 5.41) is 13.1. The summed E-state index contributed by atoms with van der Waals surface area (Å²) < 4.78 is 28.3. The minimum Gasteiger partial charge on any atom is -0.298 e. The molecular formula is C22H18N6O2S. The molecule has 0 fully saturated rings. The number of hydrazone groups is 1. The number of imidazole rings is 1. The van der Waals surface area contributed by atoms with E-state index in [9.17, 15) is 8.42 Å². The van der Waals surface area contributed by atoms with Crippen LogP contribution in [-0.4, -0.2) is 40.5 Å². The summed E-state index contributed by atoms with van der Waals surface area (Å²) in [5.74, 6) is 0. The van der Waals surface area contributed by atoms with E-state index in [-0.39, 0.29) is 10.5 Å². The monoisotopic (exact) mass is 430 g/mol. The average molecular weight is 430 g/mol. The second-order valence-electron chi connectivity index (χ2n) is 6.85. The van der Waals surface area contributed by atoms with Gasteiger partial charge in [-0.1, -0.05) is 12.1 Å². The standard InChI is InChI=1S/C22H18N6O2S/c1-16-9-19(18-6-4-8-24-12-18)15-28-20(13-25-22(16)28)14-26-27(2)31(29,30)21-7-3-5-17(10-21)11-23/h3-10,12-15H,1-2H3/b26-14+. The minimum absolute atomic E-state index is 0.000879. The molecule has 0 aliphatic carbocycles. The number of nitriles is 1. The molecule has 3 heterocycles. The Morgan fingerprint density at radius 2 is 2.00 bits per heavy atom. The third kappa shape index (κ3) is 3.89. The minimum atomic E-state index is -3.89. The number of hydrogen-bond acceptors (Lipinski definition) is 6. The summed E-state index contributed by atoms with van der Waals surface area (Å²) >= 11 is 0. The van der Waals surface area contributed by atoms with Crippen molar-refractivity contribution < 1.29 is 8.42 Å². The molecule has 0 atom stereocenters. The van der Waals surface area contributed by atoms with Crippen LogP contribution in [0, 0.1) is 18.3 Å². The second-order valence-corrected chi connectivity index (χ2v) is 8.80. The fourth-order valence-electron chi connectivity index (χ4n) is 3.14. The highest BCUT2D eigenvalue weighted by Gasteiger charge is 2.19. The molecule has 31 heavy (non-hydrogen) atoms. The Morgan fingerprint density at radius 3 is 2.74 bits per heavy atom. The van der Waals surface area contributed by atoms with Crippen molar-refractivity contribution in [2.24, 2.45) is 5.10 Å². The van der Waals surface area contributed by atoms with Crippen LogP contribution < -0.4 is 0 Å². The molecule has 4 aromatic rings. The Balaban J connectivity index is 1.69. The van der Waals surface area contributed by atoms with Crippen molar-refractivity contribution >= 4 is 21.9 Å². The van der Waals surface area contributed by atoms with Gasteiger partial charge in [-0.15, -0.1) is 0 Å². The maximum absolute atomic E-state index is 12.8. The highest BCUT2D eigenvalue weighted by atomic mass is 32.2. The van der Waals surface area contributed by atoms with E-state index in [1.54, 1.807) is 24.7 Å². The van der Waals surface area contributed by atoms with Crippen LogP contribution in [0.25, 0.3) is 16.8 Å². The first-order chi connectivity index (χ1) is 14.9. The zero-order valence-electron chi connectivity index (χ0n) is 16.8.